The van der Waals surface area contributed by atoms with Crippen molar-refractivity contribution in [3.63, 3.8) is 0 Å². The molecular weight excluding hydrogens is 582 g/mol. The van der Waals surface area contributed by atoms with Crippen LogP contribution < -0.4 is 20.9 Å². The summed E-state index contributed by atoms with van der Waals surface area (Å²) in [6.45, 7) is 4.76. The number of aliphatic hydroxyl groups is 1. The third kappa shape index (κ3) is 8.36. The van der Waals surface area contributed by atoms with Crippen molar-refractivity contribution >= 4 is 32.3 Å². The number of aromatic hydroxyl groups is 1. The summed E-state index contributed by atoms with van der Waals surface area (Å²) in [4.78, 5) is 16.5. The van der Waals surface area contributed by atoms with E-state index in [-0.39, 0.29) is 11.3 Å². The van der Waals surface area contributed by atoms with Crippen LogP contribution in [0.1, 0.15) is 17.2 Å². The van der Waals surface area contributed by atoms with E-state index in [1.807, 2.05) is 36.4 Å². The molecule has 0 radical (unpaired) electrons. The van der Waals surface area contributed by atoms with E-state index < -0.39 is 16.1 Å². The first kappa shape index (κ1) is 31.5. The van der Waals surface area contributed by atoms with E-state index in [1.54, 1.807) is 12.1 Å². The van der Waals surface area contributed by atoms with Crippen LogP contribution in [0.5, 0.6) is 11.5 Å². The monoisotopic (exact) mass is 621 g/mol. The lowest BCUT2D eigenvalue weighted by Gasteiger charge is -2.33. The van der Waals surface area contributed by atoms with Gasteiger partial charge in [-0.2, -0.15) is 4.31 Å². The predicted molar refractivity (Wildman–Crippen MR) is 172 cm³/mol. The number of rotatable bonds is 13. The van der Waals surface area contributed by atoms with Gasteiger partial charge in [0, 0.05) is 62.1 Å². The third-order valence-electron chi connectivity index (χ3n) is 7.77. The second kappa shape index (κ2) is 14.2. The molecule has 0 unspecified atom stereocenters. The standard InChI is InChI=1S/C32H39N5O6S/c1-44(41,42)37-18-16-36(17-19-37)20-21-43-26-8-6-25(7-9-26)34-24-4-2-23(3-5-24)14-15-33-22-30(39)27-10-12-29(38)32-28(27)11-13-31(40)35-32/h2-13,30,33-34,38-39H,14-22H2,1H3,(H,35,40)/t30-/m0/s1. The van der Waals surface area contributed by atoms with Crippen molar-refractivity contribution in [2.75, 3.05) is 64.0 Å². The zero-order valence-electron chi connectivity index (χ0n) is 24.7. The van der Waals surface area contributed by atoms with E-state index in [0.29, 0.717) is 62.3 Å². The van der Waals surface area contributed by atoms with Crippen LogP contribution in [0.3, 0.4) is 0 Å². The van der Waals surface area contributed by atoms with Gasteiger partial charge in [-0.05, 0) is 72.6 Å². The van der Waals surface area contributed by atoms with Crippen molar-refractivity contribution in [2.45, 2.75) is 12.5 Å². The molecule has 0 bridgehead atoms. The first-order valence-electron chi connectivity index (χ1n) is 14.7. The maximum atomic E-state index is 11.7. The minimum atomic E-state index is -3.12. The Morgan fingerprint density at radius 1 is 0.932 bits per heavy atom. The van der Waals surface area contributed by atoms with Gasteiger partial charge in [0.1, 0.15) is 18.1 Å². The molecule has 5 rings (SSSR count). The van der Waals surface area contributed by atoms with E-state index in [0.717, 1.165) is 35.7 Å². The zero-order valence-corrected chi connectivity index (χ0v) is 25.5. The Morgan fingerprint density at radius 3 is 2.30 bits per heavy atom. The van der Waals surface area contributed by atoms with Crippen LogP contribution in [0.2, 0.25) is 0 Å². The molecule has 1 aliphatic heterocycles. The molecule has 5 N–H and O–H groups in total. The Hall–Kier alpha value is -3.94. The average molecular weight is 622 g/mol. The van der Waals surface area contributed by atoms with Gasteiger partial charge in [0.15, 0.2) is 0 Å². The number of pyridine rings is 1. The molecule has 0 amide bonds. The number of piperazine rings is 1. The number of aromatic nitrogens is 1. The zero-order chi connectivity index (χ0) is 31.1. The Labute approximate surface area is 257 Å². The van der Waals surface area contributed by atoms with Crippen molar-refractivity contribution in [1.29, 1.82) is 0 Å². The minimum Gasteiger partial charge on any atom is -0.506 e. The maximum absolute atomic E-state index is 11.7. The molecule has 2 heterocycles. The van der Waals surface area contributed by atoms with Crippen molar-refractivity contribution < 1.29 is 23.4 Å². The molecule has 0 spiro atoms. The van der Waals surface area contributed by atoms with Crippen LogP contribution >= 0.6 is 0 Å². The molecule has 44 heavy (non-hydrogen) atoms. The molecule has 0 aliphatic carbocycles. The molecule has 0 saturated carbocycles. The lowest BCUT2D eigenvalue weighted by Crippen LogP contribution is -2.49. The molecular formula is C32H39N5O6S. The van der Waals surface area contributed by atoms with Crippen LogP contribution in [0, 0.1) is 0 Å². The highest BCUT2D eigenvalue weighted by atomic mass is 32.2. The Balaban J connectivity index is 1.02. The van der Waals surface area contributed by atoms with Crippen LogP contribution in [-0.4, -0.2) is 91.5 Å². The summed E-state index contributed by atoms with van der Waals surface area (Å²) in [5.74, 6) is 0.755. The number of phenolic OH excluding ortho intramolecular Hbond substituents is 1. The van der Waals surface area contributed by atoms with Crippen molar-refractivity contribution in [3.8, 4) is 11.5 Å². The van der Waals surface area contributed by atoms with Gasteiger partial charge < -0.3 is 30.6 Å². The summed E-state index contributed by atoms with van der Waals surface area (Å²) in [6, 6.07) is 22.1. The van der Waals surface area contributed by atoms with Gasteiger partial charge in [0.05, 0.1) is 17.9 Å². The first-order chi connectivity index (χ1) is 21.2. The molecule has 1 aliphatic rings. The number of fused-ring (bicyclic) bond motifs is 1. The number of hydrogen-bond donors (Lipinski definition) is 5. The Bertz CT molecular complexity index is 1700. The van der Waals surface area contributed by atoms with Crippen LogP contribution in [0.4, 0.5) is 11.4 Å². The number of aromatic amines is 1. The van der Waals surface area contributed by atoms with E-state index in [9.17, 15) is 23.4 Å². The fourth-order valence-corrected chi connectivity index (χ4v) is 6.09. The predicted octanol–water partition coefficient (Wildman–Crippen LogP) is 2.80. The van der Waals surface area contributed by atoms with Gasteiger partial charge in [-0.1, -0.05) is 18.2 Å². The normalized spacial score (nSPS) is 15.3. The molecule has 1 saturated heterocycles. The summed E-state index contributed by atoms with van der Waals surface area (Å²) in [5, 5.41) is 28.1. The van der Waals surface area contributed by atoms with Crippen molar-refractivity contribution in [3.05, 3.63) is 94.3 Å². The fourth-order valence-electron chi connectivity index (χ4n) is 5.26. The topological polar surface area (TPSA) is 147 Å². The van der Waals surface area contributed by atoms with Crippen molar-refractivity contribution in [1.82, 2.24) is 19.5 Å². The molecule has 1 atom stereocenters. The number of phenols is 1. The number of ether oxygens (including phenoxy) is 1. The number of hydrogen-bond acceptors (Lipinski definition) is 9. The average Bonchev–Trinajstić information content (AvgIpc) is 3.01. The number of aliphatic hydroxyl groups excluding tert-OH is 1. The molecule has 12 heteroatoms. The van der Waals surface area contributed by atoms with Gasteiger partial charge >= 0.3 is 0 Å². The van der Waals surface area contributed by atoms with Gasteiger partial charge in [0.2, 0.25) is 15.6 Å². The summed E-state index contributed by atoms with van der Waals surface area (Å²) in [7, 11) is -3.12. The van der Waals surface area contributed by atoms with Crippen molar-refractivity contribution in [2.24, 2.45) is 0 Å². The second-order valence-corrected chi connectivity index (χ2v) is 12.9. The van der Waals surface area contributed by atoms with Gasteiger partial charge in [-0.3, -0.25) is 9.69 Å². The minimum absolute atomic E-state index is 0.0295. The van der Waals surface area contributed by atoms with E-state index in [1.165, 1.54) is 22.7 Å². The number of sulfonamides is 1. The van der Waals surface area contributed by atoms with Gasteiger partial charge in [-0.25, -0.2) is 8.42 Å². The van der Waals surface area contributed by atoms with Gasteiger partial charge in [-0.15, -0.1) is 0 Å². The largest absolute Gasteiger partial charge is 0.506 e. The SMILES string of the molecule is CS(=O)(=O)N1CCN(CCOc2ccc(Nc3ccc(CCNC[C@H](O)c4ccc(O)c5[nH]c(=O)ccc45)cc3)cc2)CC1. The smallest absolute Gasteiger partial charge is 0.248 e. The lowest BCUT2D eigenvalue weighted by atomic mass is 10.0. The van der Waals surface area contributed by atoms with Crippen LogP contribution in [0.25, 0.3) is 10.9 Å². The number of nitrogens with zero attached hydrogens (tertiary/aromatic N) is 2. The lowest BCUT2D eigenvalue weighted by molar-refractivity contribution is 0.159. The van der Waals surface area contributed by atoms with E-state index >= 15 is 0 Å². The number of H-pyrrole nitrogens is 1. The molecule has 11 nitrogen and oxygen atoms in total. The van der Waals surface area contributed by atoms with Crippen LogP contribution in [0.15, 0.2) is 77.6 Å². The number of nitrogens with one attached hydrogen (secondary N) is 3. The molecule has 234 valence electrons. The summed E-state index contributed by atoms with van der Waals surface area (Å²) >= 11 is 0. The fraction of sp³-hybridized carbons (Fsp3) is 0.344. The maximum Gasteiger partial charge on any atom is 0.248 e. The quantitative estimate of drug-likeness (QED) is 0.142. The first-order valence-corrected chi connectivity index (χ1v) is 16.5. The molecule has 1 fully saturated rings. The van der Waals surface area contributed by atoms with Gasteiger partial charge in [0.25, 0.3) is 0 Å². The summed E-state index contributed by atoms with van der Waals surface area (Å²) in [5.41, 5.74) is 3.73. The molecule has 1 aromatic heterocycles. The molecule has 4 aromatic rings. The Kier molecular flexibility index (Phi) is 10.2. The third-order valence-corrected chi connectivity index (χ3v) is 9.07. The second-order valence-electron chi connectivity index (χ2n) is 11.0. The molecule has 3 aromatic carbocycles. The summed E-state index contributed by atoms with van der Waals surface area (Å²) < 4.78 is 30.7. The Morgan fingerprint density at radius 2 is 1.61 bits per heavy atom. The number of benzene rings is 3. The highest BCUT2D eigenvalue weighted by molar-refractivity contribution is 7.88. The van der Waals surface area contributed by atoms with E-state index in [4.69, 9.17) is 4.74 Å². The highest BCUT2D eigenvalue weighted by Gasteiger charge is 2.23. The summed E-state index contributed by atoms with van der Waals surface area (Å²) in [6.07, 6.45) is 1.25. The highest BCUT2D eigenvalue weighted by Crippen LogP contribution is 2.28. The van der Waals surface area contributed by atoms with Crippen LogP contribution in [-0.2, 0) is 16.4 Å². The number of anilines is 2. The van der Waals surface area contributed by atoms with E-state index in [2.05, 4.69) is 32.7 Å².